The smallest absolute Gasteiger partial charge is 0.393 e. The normalized spacial score (nSPS) is 32.4. The van der Waals surface area contributed by atoms with Crippen LogP contribution in [0.1, 0.15) is 58.8 Å². The maximum absolute atomic E-state index is 14.4. The van der Waals surface area contributed by atoms with Gasteiger partial charge in [-0.1, -0.05) is 6.58 Å². The molecule has 4 rings (SSSR count). The predicted octanol–water partition coefficient (Wildman–Crippen LogP) is 5.21. The molecule has 4 fully saturated rings. The van der Waals surface area contributed by atoms with Crippen LogP contribution in [-0.4, -0.2) is 36.2 Å². The molecule has 4 saturated carbocycles. The molecule has 30 heavy (non-hydrogen) atoms. The first kappa shape index (κ1) is 23.0. The van der Waals surface area contributed by atoms with Crippen LogP contribution >= 0.6 is 0 Å². The summed E-state index contributed by atoms with van der Waals surface area (Å²) in [5, 5.41) is 0. The summed E-state index contributed by atoms with van der Waals surface area (Å²) >= 11 is 0. The molecule has 4 nitrogen and oxygen atoms in total. The van der Waals surface area contributed by atoms with E-state index in [0.29, 0.717) is 17.8 Å². The molecule has 0 aromatic rings. The number of hydrogen-bond donors (Lipinski definition) is 0. The fourth-order valence-electron chi connectivity index (χ4n) is 5.90. The lowest BCUT2D eigenvalue weighted by Gasteiger charge is -2.56. The first-order chi connectivity index (χ1) is 13.6. The Kier molecular flexibility index (Phi) is 5.74. The molecule has 9 heteroatoms. The van der Waals surface area contributed by atoms with Gasteiger partial charge in [-0.2, -0.15) is 13.2 Å². The van der Waals surface area contributed by atoms with Gasteiger partial charge in [0.2, 0.25) is 0 Å². The minimum Gasteiger partial charge on any atom is -0.462 e. The maximum atomic E-state index is 14.4. The Hall–Kier alpha value is -1.67. The number of carbonyl (C=O) groups is 2. The summed E-state index contributed by atoms with van der Waals surface area (Å²) in [4.78, 5) is 24.6. The highest BCUT2D eigenvalue weighted by Gasteiger charge is 2.66. The van der Waals surface area contributed by atoms with Gasteiger partial charge in [-0.05, 0) is 63.2 Å². The number of carbonyl (C=O) groups excluding carboxylic acids is 2. The van der Waals surface area contributed by atoms with E-state index in [1.807, 2.05) is 0 Å². The lowest BCUT2D eigenvalue weighted by molar-refractivity contribution is -0.255. The Morgan fingerprint density at radius 2 is 1.47 bits per heavy atom. The van der Waals surface area contributed by atoms with E-state index in [2.05, 4.69) is 11.3 Å². The SMILES string of the molecule is C=C(C)C(=O)OC(CC(F)(F)F)(C(=O)OCC12CC3CC(CC(C3)C1)C2)C(C)(F)F. The third kappa shape index (κ3) is 4.49. The Morgan fingerprint density at radius 3 is 1.83 bits per heavy atom. The van der Waals surface area contributed by atoms with E-state index in [-0.39, 0.29) is 13.5 Å². The lowest BCUT2D eigenvalue weighted by atomic mass is 9.50. The zero-order valence-corrected chi connectivity index (χ0v) is 17.1. The second kappa shape index (κ2) is 7.48. The van der Waals surface area contributed by atoms with Gasteiger partial charge in [0.25, 0.3) is 11.5 Å². The number of esters is 2. The van der Waals surface area contributed by atoms with Crippen molar-refractivity contribution in [1.29, 1.82) is 0 Å². The average molecular weight is 438 g/mol. The van der Waals surface area contributed by atoms with Crippen LogP contribution in [0.15, 0.2) is 12.2 Å². The van der Waals surface area contributed by atoms with E-state index < -0.39 is 47.0 Å². The third-order valence-corrected chi connectivity index (χ3v) is 6.78. The summed E-state index contributed by atoms with van der Waals surface area (Å²) in [6, 6.07) is 0. The first-order valence-electron chi connectivity index (χ1n) is 10.2. The molecule has 0 aromatic heterocycles. The Morgan fingerprint density at radius 1 is 1.00 bits per heavy atom. The second-order valence-electron chi connectivity index (χ2n) is 9.67. The summed E-state index contributed by atoms with van der Waals surface area (Å²) in [5.41, 5.74) is -4.60. The van der Waals surface area contributed by atoms with E-state index in [1.165, 1.54) is 0 Å². The summed E-state index contributed by atoms with van der Waals surface area (Å²) in [7, 11) is 0. The summed E-state index contributed by atoms with van der Waals surface area (Å²) in [5.74, 6) is -6.27. The molecular formula is C21H27F5O4. The number of halogens is 5. The largest absolute Gasteiger partial charge is 0.462 e. The topological polar surface area (TPSA) is 52.6 Å². The molecule has 0 aromatic carbocycles. The van der Waals surface area contributed by atoms with Crippen molar-refractivity contribution in [3.05, 3.63) is 12.2 Å². The van der Waals surface area contributed by atoms with Crippen molar-refractivity contribution in [2.75, 3.05) is 6.61 Å². The van der Waals surface area contributed by atoms with Gasteiger partial charge in [-0.15, -0.1) is 0 Å². The molecule has 0 amide bonds. The van der Waals surface area contributed by atoms with Crippen molar-refractivity contribution in [3.8, 4) is 0 Å². The van der Waals surface area contributed by atoms with Crippen LogP contribution in [0.25, 0.3) is 0 Å². The zero-order chi connectivity index (χ0) is 22.5. The van der Waals surface area contributed by atoms with Crippen LogP contribution in [0.5, 0.6) is 0 Å². The molecule has 1 atom stereocenters. The number of rotatable bonds is 7. The fraction of sp³-hybridized carbons (Fsp3) is 0.810. The highest BCUT2D eigenvalue weighted by molar-refractivity contribution is 5.91. The summed E-state index contributed by atoms with van der Waals surface area (Å²) < 4.78 is 78.0. The van der Waals surface area contributed by atoms with Gasteiger partial charge in [0.15, 0.2) is 0 Å². The highest BCUT2D eigenvalue weighted by atomic mass is 19.4. The van der Waals surface area contributed by atoms with Gasteiger partial charge in [-0.3, -0.25) is 0 Å². The molecule has 0 aliphatic heterocycles. The lowest BCUT2D eigenvalue weighted by Crippen LogP contribution is -2.59. The second-order valence-corrected chi connectivity index (χ2v) is 9.67. The third-order valence-electron chi connectivity index (χ3n) is 6.78. The van der Waals surface area contributed by atoms with E-state index >= 15 is 0 Å². The van der Waals surface area contributed by atoms with Crippen LogP contribution in [0.2, 0.25) is 0 Å². The molecule has 4 aliphatic rings. The highest BCUT2D eigenvalue weighted by Crippen LogP contribution is 2.60. The maximum Gasteiger partial charge on any atom is 0.393 e. The van der Waals surface area contributed by atoms with Crippen LogP contribution in [0, 0.1) is 23.2 Å². The van der Waals surface area contributed by atoms with Crippen molar-refractivity contribution >= 4 is 11.9 Å². The molecule has 1 unspecified atom stereocenters. The van der Waals surface area contributed by atoms with Crippen molar-refractivity contribution < 1.29 is 41.0 Å². The summed E-state index contributed by atoms with van der Waals surface area (Å²) in [6.07, 6.45) is -1.96. The monoisotopic (exact) mass is 438 g/mol. The Balaban J connectivity index is 1.84. The fourth-order valence-corrected chi connectivity index (χ4v) is 5.90. The van der Waals surface area contributed by atoms with Crippen molar-refractivity contribution in [2.24, 2.45) is 23.2 Å². The van der Waals surface area contributed by atoms with Crippen LogP contribution in [0.4, 0.5) is 22.0 Å². The minimum atomic E-state index is -5.20. The van der Waals surface area contributed by atoms with E-state index in [9.17, 15) is 31.5 Å². The van der Waals surface area contributed by atoms with Gasteiger partial charge in [-0.25, -0.2) is 18.4 Å². The Labute approximate surface area is 172 Å². The molecule has 0 saturated heterocycles. The van der Waals surface area contributed by atoms with Gasteiger partial charge in [0, 0.05) is 17.9 Å². The first-order valence-corrected chi connectivity index (χ1v) is 10.2. The molecule has 0 N–H and O–H groups in total. The molecule has 0 radical (unpaired) electrons. The molecule has 4 aliphatic carbocycles. The molecule has 170 valence electrons. The van der Waals surface area contributed by atoms with Crippen molar-refractivity contribution in [2.45, 2.75) is 76.5 Å². The predicted molar refractivity (Wildman–Crippen MR) is 96.5 cm³/mol. The standard InChI is InChI=1S/C21H27F5O4/c1-12(2)16(27)30-20(18(3,22)23,10-21(24,25)26)17(28)29-11-19-7-13-4-14(8-19)6-15(5-13)9-19/h13-15H,1,4-11H2,2-3H3. The van der Waals surface area contributed by atoms with Crippen molar-refractivity contribution in [1.82, 2.24) is 0 Å². The number of alkyl halides is 5. The van der Waals surface area contributed by atoms with Gasteiger partial charge in [0.1, 0.15) is 6.42 Å². The van der Waals surface area contributed by atoms with Crippen molar-refractivity contribution in [3.63, 3.8) is 0 Å². The van der Waals surface area contributed by atoms with E-state index in [4.69, 9.17) is 4.74 Å². The van der Waals surface area contributed by atoms with Crippen LogP contribution in [-0.2, 0) is 19.1 Å². The Bertz CT molecular complexity index is 689. The van der Waals surface area contributed by atoms with E-state index in [1.54, 1.807) is 0 Å². The number of ether oxygens (including phenoxy) is 2. The van der Waals surface area contributed by atoms with E-state index in [0.717, 1.165) is 45.4 Å². The summed E-state index contributed by atoms with van der Waals surface area (Å²) in [6.45, 7) is 4.17. The quantitative estimate of drug-likeness (QED) is 0.311. The van der Waals surface area contributed by atoms with Gasteiger partial charge in [0.05, 0.1) is 6.61 Å². The van der Waals surface area contributed by atoms with Crippen LogP contribution < -0.4 is 0 Å². The molecular weight excluding hydrogens is 411 g/mol. The van der Waals surface area contributed by atoms with Gasteiger partial charge < -0.3 is 9.47 Å². The molecule has 0 spiro atoms. The van der Waals surface area contributed by atoms with Crippen LogP contribution in [0.3, 0.4) is 0 Å². The molecule has 4 bridgehead atoms. The molecule has 0 heterocycles. The number of hydrogen-bond acceptors (Lipinski definition) is 4. The minimum absolute atomic E-state index is 0.121. The van der Waals surface area contributed by atoms with Gasteiger partial charge >= 0.3 is 18.1 Å². The average Bonchev–Trinajstić information content (AvgIpc) is 2.55. The zero-order valence-electron chi connectivity index (χ0n) is 17.1.